The first-order valence-corrected chi connectivity index (χ1v) is 8.18. The van der Waals surface area contributed by atoms with Crippen LogP contribution in [0.15, 0.2) is 22.6 Å². The lowest BCUT2D eigenvalue weighted by Gasteiger charge is -2.29. The number of morpholine rings is 1. The number of aryl methyl sites for hydroxylation is 1. The molecule has 1 aliphatic rings. The molecule has 0 N–H and O–H groups in total. The van der Waals surface area contributed by atoms with Gasteiger partial charge in [0, 0.05) is 31.3 Å². The lowest BCUT2D eigenvalue weighted by Crippen LogP contribution is -2.36. The molecule has 1 saturated heterocycles. The molecule has 10 nitrogen and oxygen atoms in total. The molecule has 3 rings (SSSR count). The number of nitro groups is 1. The first-order chi connectivity index (χ1) is 12.6. The van der Waals surface area contributed by atoms with Crippen molar-refractivity contribution in [2.24, 2.45) is 0 Å². The van der Waals surface area contributed by atoms with Crippen molar-refractivity contribution >= 4 is 17.3 Å². The third-order valence-corrected chi connectivity index (χ3v) is 3.91. The number of benzene rings is 1. The van der Waals surface area contributed by atoms with Gasteiger partial charge in [-0.15, -0.1) is 10.2 Å². The quantitative estimate of drug-likeness (QED) is 0.429. The monoisotopic (exact) mass is 362 g/mol. The van der Waals surface area contributed by atoms with Gasteiger partial charge >= 0.3 is 5.97 Å². The van der Waals surface area contributed by atoms with Gasteiger partial charge in [0.15, 0.2) is 6.61 Å². The predicted octanol–water partition coefficient (Wildman–Crippen LogP) is 1.73. The number of carbonyl (C=O) groups excluding carboxylic acids is 1. The zero-order chi connectivity index (χ0) is 18.5. The molecule has 10 heteroatoms. The Morgan fingerprint density at radius 3 is 2.69 bits per heavy atom. The summed E-state index contributed by atoms with van der Waals surface area (Å²) < 4.78 is 15.7. The summed E-state index contributed by atoms with van der Waals surface area (Å²) >= 11 is 0. The first kappa shape index (κ1) is 17.8. The molecule has 1 aliphatic heterocycles. The summed E-state index contributed by atoms with van der Waals surface area (Å²) in [4.78, 5) is 25.0. The average Bonchev–Trinajstić information content (AvgIpc) is 3.14. The van der Waals surface area contributed by atoms with Crippen molar-refractivity contribution in [3.8, 4) is 0 Å². The van der Waals surface area contributed by atoms with E-state index in [1.165, 1.54) is 12.1 Å². The summed E-state index contributed by atoms with van der Waals surface area (Å²) in [6.07, 6.45) is 0.564. The maximum atomic E-state index is 12.4. The van der Waals surface area contributed by atoms with Crippen LogP contribution in [0.4, 0.5) is 11.4 Å². The number of aromatic nitrogens is 2. The SMILES string of the molecule is CCc1nnc(COC(=O)c2cc(N3CCOCC3)ccc2[N+](=O)[O-])o1. The number of carbonyl (C=O) groups is 1. The maximum absolute atomic E-state index is 12.4. The van der Waals surface area contributed by atoms with Crippen LogP contribution in [0.25, 0.3) is 0 Å². The Hall–Kier alpha value is -3.01. The van der Waals surface area contributed by atoms with Crippen LogP contribution < -0.4 is 4.90 Å². The fourth-order valence-corrected chi connectivity index (χ4v) is 2.56. The van der Waals surface area contributed by atoms with Crippen LogP contribution in [0.1, 0.15) is 29.1 Å². The average molecular weight is 362 g/mol. The summed E-state index contributed by atoms with van der Waals surface area (Å²) in [7, 11) is 0. The van der Waals surface area contributed by atoms with Crippen molar-refractivity contribution in [2.45, 2.75) is 20.0 Å². The standard InChI is InChI=1S/C16H18N4O6/c1-2-14-17-18-15(26-14)10-25-16(21)12-9-11(3-4-13(12)20(22)23)19-5-7-24-8-6-19/h3-4,9H,2,5-8,10H2,1H3. The Kier molecular flexibility index (Phi) is 5.42. The van der Waals surface area contributed by atoms with E-state index >= 15 is 0 Å². The van der Waals surface area contributed by atoms with Crippen LogP contribution in [0, 0.1) is 10.1 Å². The topological polar surface area (TPSA) is 121 Å². The smallest absolute Gasteiger partial charge is 0.345 e. The number of anilines is 1. The highest BCUT2D eigenvalue weighted by molar-refractivity contribution is 5.95. The molecule has 138 valence electrons. The number of ether oxygens (including phenoxy) is 2. The molecule has 1 fully saturated rings. The lowest BCUT2D eigenvalue weighted by molar-refractivity contribution is -0.385. The molecular formula is C16H18N4O6. The molecule has 0 atom stereocenters. The van der Waals surface area contributed by atoms with Gasteiger partial charge in [0.25, 0.3) is 11.6 Å². The number of nitro benzene ring substituents is 1. The Bertz CT molecular complexity index is 800. The van der Waals surface area contributed by atoms with Gasteiger partial charge in [-0.1, -0.05) is 6.92 Å². The lowest BCUT2D eigenvalue weighted by atomic mass is 10.1. The summed E-state index contributed by atoms with van der Waals surface area (Å²) in [6, 6.07) is 4.39. The number of nitrogens with zero attached hydrogens (tertiary/aromatic N) is 4. The highest BCUT2D eigenvalue weighted by Gasteiger charge is 2.24. The van der Waals surface area contributed by atoms with Gasteiger partial charge in [-0.3, -0.25) is 10.1 Å². The van der Waals surface area contributed by atoms with Gasteiger partial charge in [0.1, 0.15) is 5.56 Å². The second-order valence-corrected chi connectivity index (χ2v) is 5.58. The highest BCUT2D eigenvalue weighted by atomic mass is 16.6. The molecule has 0 aliphatic carbocycles. The molecule has 0 spiro atoms. The molecule has 1 aromatic carbocycles. The maximum Gasteiger partial charge on any atom is 0.345 e. The molecule has 2 aromatic rings. The van der Waals surface area contributed by atoms with Crippen molar-refractivity contribution in [2.75, 3.05) is 31.2 Å². The van der Waals surface area contributed by atoms with Gasteiger partial charge < -0.3 is 18.8 Å². The predicted molar refractivity (Wildman–Crippen MR) is 88.9 cm³/mol. The minimum atomic E-state index is -0.817. The van der Waals surface area contributed by atoms with Crippen molar-refractivity contribution in [1.29, 1.82) is 0 Å². The van der Waals surface area contributed by atoms with Crippen LogP contribution in [0.2, 0.25) is 0 Å². The Morgan fingerprint density at radius 2 is 2.04 bits per heavy atom. The minimum Gasteiger partial charge on any atom is -0.452 e. The number of rotatable bonds is 6. The molecule has 1 aromatic heterocycles. The summed E-state index contributed by atoms with van der Waals surface area (Å²) in [5.41, 5.74) is 0.276. The molecule has 26 heavy (non-hydrogen) atoms. The van der Waals surface area contributed by atoms with E-state index in [4.69, 9.17) is 13.9 Å². The second kappa shape index (κ2) is 7.91. The number of hydrogen-bond donors (Lipinski definition) is 0. The third kappa shape index (κ3) is 3.97. The molecule has 0 unspecified atom stereocenters. The van der Waals surface area contributed by atoms with Crippen molar-refractivity contribution < 1.29 is 23.6 Å². The van der Waals surface area contributed by atoms with Gasteiger partial charge in [-0.05, 0) is 12.1 Å². The van der Waals surface area contributed by atoms with Gasteiger partial charge in [0.2, 0.25) is 5.89 Å². The largest absolute Gasteiger partial charge is 0.452 e. The van der Waals surface area contributed by atoms with E-state index in [0.29, 0.717) is 44.3 Å². The molecular weight excluding hydrogens is 344 g/mol. The normalized spacial score (nSPS) is 14.3. The zero-order valence-corrected chi connectivity index (χ0v) is 14.2. The van der Waals surface area contributed by atoms with Crippen molar-refractivity contribution in [3.63, 3.8) is 0 Å². The van der Waals surface area contributed by atoms with E-state index in [1.54, 1.807) is 6.07 Å². The van der Waals surface area contributed by atoms with E-state index < -0.39 is 10.9 Å². The zero-order valence-electron chi connectivity index (χ0n) is 14.2. The molecule has 0 radical (unpaired) electrons. The van der Waals surface area contributed by atoms with Crippen LogP contribution >= 0.6 is 0 Å². The molecule has 0 saturated carbocycles. The van der Waals surface area contributed by atoms with Gasteiger partial charge in [-0.2, -0.15) is 0 Å². The summed E-state index contributed by atoms with van der Waals surface area (Å²) in [6.45, 7) is 4.03. The van der Waals surface area contributed by atoms with Crippen LogP contribution in [-0.4, -0.2) is 47.4 Å². The fraction of sp³-hybridized carbons (Fsp3) is 0.438. The number of esters is 1. The van der Waals surface area contributed by atoms with Crippen molar-refractivity contribution in [1.82, 2.24) is 10.2 Å². The van der Waals surface area contributed by atoms with E-state index in [2.05, 4.69) is 10.2 Å². The third-order valence-electron chi connectivity index (χ3n) is 3.91. The van der Waals surface area contributed by atoms with Crippen LogP contribution in [0.3, 0.4) is 0 Å². The van der Waals surface area contributed by atoms with Crippen molar-refractivity contribution in [3.05, 3.63) is 45.7 Å². The fourth-order valence-electron chi connectivity index (χ4n) is 2.56. The van der Waals surface area contributed by atoms with E-state index in [1.807, 2.05) is 11.8 Å². The van der Waals surface area contributed by atoms with Gasteiger partial charge in [0.05, 0.1) is 18.1 Å². The summed E-state index contributed by atoms with van der Waals surface area (Å²) in [5, 5.41) is 18.8. The second-order valence-electron chi connectivity index (χ2n) is 5.58. The van der Waals surface area contributed by atoms with E-state index in [0.717, 1.165) is 0 Å². The summed E-state index contributed by atoms with van der Waals surface area (Å²) in [5.74, 6) is -0.249. The first-order valence-electron chi connectivity index (χ1n) is 8.18. The Morgan fingerprint density at radius 1 is 1.31 bits per heavy atom. The van der Waals surface area contributed by atoms with E-state index in [9.17, 15) is 14.9 Å². The van der Waals surface area contributed by atoms with Gasteiger partial charge in [-0.25, -0.2) is 4.79 Å². The highest BCUT2D eigenvalue weighted by Crippen LogP contribution is 2.26. The van der Waals surface area contributed by atoms with Crippen LogP contribution in [0.5, 0.6) is 0 Å². The van der Waals surface area contributed by atoms with Crippen LogP contribution in [-0.2, 0) is 22.5 Å². The Balaban J connectivity index is 1.78. The minimum absolute atomic E-state index is 0.116. The molecule has 2 heterocycles. The Labute approximate surface area is 148 Å². The number of hydrogen-bond acceptors (Lipinski definition) is 9. The van der Waals surface area contributed by atoms with E-state index in [-0.39, 0.29) is 23.7 Å². The molecule has 0 bridgehead atoms. The molecule has 0 amide bonds.